The van der Waals surface area contributed by atoms with Gasteiger partial charge in [-0.1, -0.05) is 24.3 Å². The number of thiophene rings is 1. The summed E-state index contributed by atoms with van der Waals surface area (Å²) < 4.78 is 14.7. The Labute approximate surface area is 121 Å². The molecular weight excluding hydrogens is 269 g/mol. The molecule has 0 fully saturated rings. The van der Waals surface area contributed by atoms with Crippen molar-refractivity contribution in [3.8, 4) is 0 Å². The Morgan fingerprint density at radius 2 is 2.00 bits per heavy atom. The van der Waals surface area contributed by atoms with Gasteiger partial charge in [0.2, 0.25) is 0 Å². The van der Waals surface area contributed by atoms with Gasteiger partial charge in [0.15, 0.2) is 0 Å². The van der Waals surface area contributed by atoms with Gasteiger partial charge in [-0.15, -0.1) is 11.3 Å². The summed E-state index contributed by atoms with van der Waals surface area (Å²) in [6, 6.07) is 13.1. The molecular formula is C17H16FNS. The van der Waals surface area contributed by atoms with E-state index in [1.54, 1.807) is 11.3 Å². The van der Waals surface area contributed by atoms with Crippen molar-refractivity contribution >= 4 is 21.4 Å². The lowest BCUT2D eigenvalue weighted by atomic mass is 9.98. The molecule has 0 amide bonds. The first kappa shape index (κ1) is 13.3. The second kappa shape index (κ2) is 5.35. The van der Waals surface area contributed by atoms with E-state index in [4.69, 9.17) is 5.73 Å². The molecule has 102 valence electrons. The molecule has 2 N–H and O–H groups in total. The summed E-state index contributed by atoms with van der Waals surface area (Å²) in [6.07, 6.45) is 0.729. The lowest BCUT2D eigenvalue weighted by Gasteiger charge is -2.12. The normalized spacial score (nSPS) is 12.8. The van der Waals surface area contributed by atoms with E-state index >= 15 is 0 Å². The van der Waals surface area contributed by atoms with Crippen LogP contribution >= 0.6 is 11.3 Å². The number of aryl methyl sites for hydroxylation is 1. The Morgan fingerprint density at radius 1 is 1.20 bits per heavy atom. The van der Waals surface area contributed by atoms with E-state index in [0.29, 0.717) is 0 Å². The van der Waals surface area contributed by atoms with Crippen molar-refractivity contribution in [2.45, 2.75) is 19.4 Å². The maximum Gasteiger partial charge on any atom is 0.123 e. The molecule has 1 unspecified atom stereocenters. The largest absolute Gasteiger partial charge is 0.324 e. The van der Waals surface area contributed by atoms with E-state index in [2.05, 4.69) is 17.5 Å². The average Bonchev–Trinajstić information content (AvgIpc) is 2.81. The summed E-state index contributed by atoms with van der Waals surface area (Å²) in [7, 11) is 0. The fourth-order valence-corrected chi connectivity index (χ4v) is 3.50. The predicted octanol–water partition coefficient (Wildman–Crippen LogP) is 4.59. The molecule has 1 aromatic heterocycles. The molecule has 1 nitrogen and oxygen atoms in total. The summed E-state index contributed by atoms with van der Waals surface area (Å²) >= 11 is 1.73. The van der Waals surface area contributed by atoms with Crippen LogP contribution in [0.3, 0.4) is 0 Å². The third kappa shape index (κ3) is 2.60. The van der Waals surface area contributed by atoms with Crippen LogP contribution in [0.2, 0.25) is 0 Å². The Morgan fingerprint density at radius 3 is 2.80 bits per heavy atom. The summed E-state index contributed by atoms with van der Waals surface area (Å²) in [4.78, 5) is 0. The Kier molecular flexibility index (Phi) is 3.55. The third-order valence-electron chi connectivity index (χ3n) is 3.49. The molecule has 0 radical (unpaired) electrons. The van der Waals surface area contributed by atoms with Gasteiger partial charge in [0.25, 0.3) is 0 Å². The Bertz CT molecular complexity index is 727. The molecule has 0 bridgehead atoms. The molecule has 0 spiro atoms. The highest BCUT2D eigenvalue weighted by Crippen LogP contribution is 2.29. The number of fused-ring (bicyclic) bond motifs is 1. The van der Waals surface area contributed by atoms with Crippen LogP contribution in [-0.2, 0) is 6.42 Å². The zero-order chi connectivity index (χ0) is 14.1. The highest BCUT2D eigenvalue weighted by Gasteiger charge is 2.12. The van der Waals surface area contributed by atoms with Crippen LogP contribution in [0.5, 0.6) is 0 Å². The number of halogens is 1. The minimum absolute atomic E-state index is 0.178. The number of nitrogens with two attached hydrogens (primary N) is 1. The molecule has 0 saturated carbocycles. The van der Waals surface area contributed by atoms with Crippen molar-refractivity contribution < 1.29 is 4.39 Å². The van der Waals surface area contributed by atoms with Crippen LogP contribution in [0, 0.1) is 12.7 Å². The zero-order valence-electron chi connectivity index (χ0n) is 11.3. The molecule has 1 atom stereocenters. The van der Waals surface area contributed by atoms with Gasteiger partial charge < -0.3 is 5.73 Å². The standard InChI is InChI=1S/C17H16FNS/c1-11-6-12(8-14(18)7-11)16(19)9-13-10-20-17-5-3-2-4-15(13)17/h2-8,10,16H,9,19H2,1H3. The van der Waals surface area contributed by atoms with Gasteiger partial charge in [-0.05, 0) is 59.0 Å². The summed E-state index contributed by atoms with van der Waals surface area (Å²) in [5.74, 6) is -0.217. The minimum Gasteiger partial charge on any atom is -0.324 e. The molecule has 3 heteroatoms. The van der Waals surface area contributed by atoms with E-state index in [9.17, 15) is 4.39 Å². The van der Waals surface area contributed by atoms with Crippen molar-refractivity contribution in [3.05, 3.63) is 70.4 Å². The lowest BCUT2D eigenvalue weighted by Crippen LogP contribution is -2.13. The summed E-state index contributed by atoms with van der Waals surface area (Å²) in [5.41, 5.74) is 9.26. The van der Waals surface area contributed by atoms with Crippen molar-refractivity contribution in [3.63, 3.8) is 0 Å². The first-order chi connectivity index (χ1) is 9.63. The van der Waals surface area contributed by atoms with Crippen molar-refractivity contribution in [1.29, 1.82) is 0 Å². The topological polar surface area (TPSA) is 26.0 Å². The van der Waals surface area contributed by atoms with E-state index < -0.39 is 0 Å². The first-order valence-electron chi connectivity index (χ1n) is 6.61. The average molecular weight is 285 g/mol. The molecule has 0 aliphatic heterocycles. The quantitative estimate of drug-likeness (QED) is 0.748. The number of benzene rings is 2. The van der Waals surface area contributed by atoms with Crippen molar-refractivity contribution in [1.82, 2.24) is 0 Å². The van der Waals surface area contributed by atoms with Crippen LogP contribution in [0.15, 0.2) is 47.8 Å². The molecule has 3 aromatic rings. The first-order valence-corrected chi connectivity index (χ1v) is 7.49. The van der Waals surface area contributed by atoms with E-state index in [1.807, 2.05) is 25.1 Å². The molecule has 3 rings (SSSR count). The molecule has 20 heavy (non-hydrogen) atoms. The second-order valence-electron chi connectivity index (χ2n) is 5.13. The van der Waals surface area contributed by atoms with Crippen molar-refractivity contribution in [2.75, 3.05) is 0 Å². The van der Waals surface area contributed by atoms with Crippen LogP contribution in [0.4, 0.5) is 4.39 Å². The zero-order valence-corrected chi connectivity index (χ0v) is 12.1. The Balaban J connectivity index is 1.90. The van der Waals surface area contributed by atoms with E-state index in [0.717, 1.165) is 17.5 Å². The fraction of sp³-hybridized carbons (Fsp3) is 0.176. The highest BCUT2D eigenvalue weighted by molar-refractivity contribution is 7.17. The molecule has 2 aromatic carbocycles. The molecule has 0 aliphatic carbocycles. The van der Waals surface area contributed by atoms with E-state index in [-0.39, 0.29) is 11.9 Å². The van der Waals surface area contributed by atoms with Crippen LogP contribution in [-0.4, -0.2) is 0 Å². The fourth-order valence-electron chi connectivity index (χ4n) is 2.52. The number of hydrogen-bond donors (Lipinski definition) is 1. The maximum atomic E-state index is 13.5. The number of rotatable bonds is 3. The van der Waals surface area contributed by atoms with Gasteiger partial charge in [0.1, 0.15) is 5.82 Å². The molecule has 1 heterocycles. The van der Waals surface area contributed by atoms with E-state index in [1.165, 1.54) is 27.8 Å². The van der Waals surface area contributed by atoms with Crippen LogP contribution in [0.1, 0.15) is 22.7 Å². The highest BCUT2D eigenvalue weighted by atomic mass is 32.1. The van der Waals surface area contributed by atoms with Crippen molar-refractivity contribution in [2.24, 2.45) is 5.73 Å². The van der Waals surface area contributed by atoms with Gasteiger partial charge in [0.05, 0.1) is 0 Å². The molecule has 0 saturated heterocycles. The SMILES string of the molecule is Cc1cc(F)cc(C(N)Cc2csc3ccccc23)c1. The molecule has 0 aliphatic rings. The third-order valence-corrected chi connectivity index (χ3v) is 4.51. The summed E-state index contributed by atoms with van der Waals surface area (Å²) in [6.45, 7) is 1.89. The van der Waals surface area contributed by atoms with Crippen LogP contribution in [0.25, 0.3) is 10.1 Å². The number of hydrogen-bond acceptors (Lipinski definition) is 2. The van der Waals surface area contributed by atoms with Crippen LogP contribution < -0.4 is 5.73 Å². The second-order valence-corrected chi connectivity index (χ2v) is 6.04. The van der Waals surface area contributed by atoms with Gasteiger partial charge in [0, 0.05) is 10.7 Å². The maximum absolute atomic E-state index is 13.5. The van der Waals surface area contributed by atoms with Gasteiger partial charge in [-0.25, -0.2) is 4.39 Å². The van der Waals surface area contributed by atoms with Gasteiger partial charge in [-0.3, -0.25) is 0 Å². The predicted molar refractivity (Wildman–Crippen MR) is 83.6 cm³/mol. The summed E-state index contributed by atoms with van der Waals surface area (Å²) in [5, 5.41) is 3.40. The van der Waals surface area contributed by atoms with Gasteiger partial charge in [-0.2, -0.15) is 0 Å². The minimum atomic E-state index is -0.217. The Hall–Kier alpha value is -1.71. The van der Waals surface area contributed by atoms with Gasteiger partial charge >= 0.3 is 0 Å². The lowest BCUT2D eigenvalue weighted by molar-refractivity contribution is 0.617. The smallest absolute Gasteiger partial charge is 0.123 e. The monoisotopic (exact) mass is 285 g/mol.